The molecule has 5 rings (SSSR count). The number of aromatic nitrogens is 4. The zero-order chi connectivity index (χ0) is 22.8. The summed E-state index contributed by atoms with van der Waals surface area (Å²) in [7, 11) is 2.16. The molecule has 2 fully saturated rings. The van der Waals surface area contributed by atoms with Crippen LogP contribution in [0.1, 0.15) is 24.5 Å². The van der Waals surface area contributed by atoms with Gasteiger partial charge in [-0.2, -0.15) is 0 Å². The summed E-state index contributed by atoms with van der Waals surface area (Å²) in [6.07, 6.45) is 6.91. The minimum absolute atomic E-state index is 0.0227. The fourth-order valence-corrected chi connectivity index (χ4v) is 4.64. The molecule has 1 unspecified atom stereocenters. The quantitative estimate of drug-likeness (QED) is 0.603. The molecule has 0 spiro atoms. The Morgan fingerprint density at radius 3 is 2.64 bits per heavy atom. The minimum atomic E-state index is -0.0227. The first-order valence-corrected chi connectivity index (χ1v) is 11.5. The Morgan fingerprint density at radius 2 is 1.88 bits per heavy atom. The highest BCUT2D eigenvalue weighted by atomic mass is 16.2. The van der Waals surface area contributed by atoms with Crippen LogP contribution in [-0.4, -0.2) is 81.6 Å². The first-order chi connectivity index (χ1) is 16.1. The van der Waals surface area contributed by atoms with E-state index < -0.39 is 0 Å². The lowest BCUT2D eigenvalue weighted by molar-refractivity contribution is -0.127. The maximum absolute atomic E-state index is 12.1. The molecule has 1 aromatic carbocycles. The van der Waals surface area contributed by atoms with Gasteiger partial charge in [0, 0.05) is 56.6 Å². The van der Waals surface area contributed by atoms with E-state index in [0.29, 0.717) is 18.1 Å². The highest BCUT2D eigenvalue weighted by Crippen LogP contribution is 2.28. The summed E-state index contributed by atoms with van der Waals surface area (Å²) in [5.74, 6) is 0.678. The topological polar surface area (TPSA) is 81.9 Å². The fraction of sp³-hybridized carbons (Fsp3) is 0.417. The summed E-state index contributed by atoms with van der Waals surface area (Å²) in [5.41, 5.74) is 3.88. The van der Waals surface area contributed by atoms with Crippen LogP contribution in [0.3, 0.4) is 0 Å². The molecule has 1 amide bonds. The molecule has 2 saturated heterocycles. The summed E-state index contributed by atoms with van der Waals surface area (Å²) in [4.78, 5) is 27.6. The number of hydrogen-bond donors (Lipinski definition) is 1. The number of piperidine rings is 1. The van der Waals surface area contributed by atoms with E-state index in [-0.39, 0.29) is 11.8 Å². The summed E-state index contributed by atoms with van der Waals surface area (Å²) in [6, 6.07) is 8.41. The molecule has 1 atom stereocenters. The van der Waals surface area contributed by atoms with E-state index in [1.165, 1.54) is 11.8 Å². The largest absolute Gasteiger partial charge is 0.369 e. The highest BCUT2D eigenvalue weighted by molar-refractivity contribution is 5.87. The van der Waals surface area contributed by atoms with Crippen molar-refractivity contribution in [1.29, 1.82) is 0 Å². The fourth-order valence-electron chi connectivity index (χ4n) is 4.64. The van der Waals surface area contributed by atoms with Crippen molar-refractivity contribution < 1.29 is 4.79 Å². The van der Waals surface area contributed by atoms with E-state index in [0.717, 1.165) is 56.9 Å². The molecule has 3 aromatic rings. The maximum Gasteiger partial charge on any atom is 0.245 e. The van der Waals surface area contributed by atoms with E-state index in [1.54, 1.807) is 6.20 Å². The van der Waals surface area contributed by atoms with Gasteiger partial charge in [-0.3, -0.25) is 4.79 Å². The minimum Gasteiger partial charge on any atom is -0.369 e. The van der Waals surface area contributed by atoms with Gasteiger partial charge in [0.15, 0.2) is 5.65 Å². The van der Waals surface area contributed by atoms with Gasteiger partial charge in [-0.15, -0.1) is 5.10 Å². The Morgan fingerprint density at radius 1 is 1.09 bits per heavy atom. The van der Waals surface area contributed by atoms with Crippen molar-refractivity contribution in [3.05, 3.63) is 55.0 Å². The molecule has 9 nitrogen and oxygen atoms in total. The van der Waals surface area contributed by atoms with Crippen molar-refractivity contribution in [2.75, 3.05) is 56.5 Å². The van der Waals surface area contributed by atoms with E-state index >= 15 is 0 Å². The number of piperazine rings is 1. The summed E-state index contributed by atoms with van der Waals surface area (Å²) in [6.45, 7) is 9.30. The van der Waals surface area contributed by atoms with Crippen molar-refractivity contribution in [3.63, 3.8) is 0 Å². The summed E-state index contributed by atoms with van der Waals surface area (Å²) in [5, 5.41) is 8.02. The van der Waals surface area contributed by atoms with Crippen molar-refractivity contribution >= 4 is 28.9 Å². The molecule has 0 bridgehead atoms. The molecule has 2 aliphatic heterocycles. The molecule has 9 heteroatoms. The number of anilines is 3. The van der Waals surface area contributed by atoms with Crippen LogP contribution in [-0.2, 0) is 4.79 Å². The van der Waals surface area contributed by atoms with Gasteiger partial charge in [-0.1, -0.05) is 6.58 Å². The molecule has 0 aliphatic carbocycles. The number of hydrogen-bond acceptors (Lipinski definition) is 7. The third-order valence-corrected chi connectivity index (χ3v) is 6.61. The van der Waals surface area contributed by atoms with E-state index in [4.69, 9.17) is 5.10 Å². The van der Waals surface area contributed by atoms with Crippen molar-refractivity contribution in [2.24, 2.45) is 0 Å². The van der Waals surface area contributed by atoms with Crippen LogP contribution in [0.25, 0.3) is 5.65 Å². The van der Waals surface area contributed by atoms with Gasteiger partial charge in [-0.05, 0) is 50.2 Å². The number of benzene rings is 1. The third kappa shape index (κ3) is 4.54. The van der Waals surface area contributed by atoms with E-state index in [2.05, 4.69) is 63.0 Å². The highest BCUT2D eigenvalue weighted by Gasteiger charge is 2.26. The third-order valence-electron chi connectivity index (χ3n) is 6.61. The van der Waals surface area contributed by atoms with Crippen LogP contribution in [0.5, 0.6) is 0 Å². The number of imidazole rings is 1. The molecule has 1 N–H and O–H groups in total. The zero-order valence-electron chi connectivity index (χ0n) is 19.0. The van der Waals surface area contributed by atoms with Crippen molar-refractivity contribution in [3.8, 4) is 0 Å². The summed E-state index contributed by atoms with van der Waals surface area (Å²) >= 11 is 0. The Labute approximate surface area is 193 Å². The van der Waals surface area contributed by atoms with Gasteiger partial charge in [0.1, 0.15) is 0 Å². The standard InChI is InChI=1S/C24H30N8O/c1-3-23(33)31-10-4-5-18(17-31)21-15-25-22-16-26-24(28-32(21)22)27-19-6-8-20(9-7-19)30-13-11-29(2)12-14-30/h3,6-9,15-16,18H,1,4-5,10-14,17H2,2H3,(H,27,28). The number of likely N-dealkylation sites (tertiary alicyclic amines) is 1. The first-order valence-electron chi connectivity index (χ1n) is 11.5. The predicted octanol–water partition coefficient (Wildman–Crippen LogP) is 2.51. The van der Waals surface area contributed by atoms with Crippen LogP contribution in [0.15, 0.2) is 49.3 Å². The van der Waals surface area contributed by atoms with Crippen LogP contribution in [0.4, 0.5) is 17.3 Å². The number of likely N-dealkylation sites (N-methyl/N-ethyl adjacent to an activating group) is 1. The number of rotatable bonds is 5. The monoisotopic (exact) mass is 446 g/mol. The number of nitrogens with zero attached hydrogens (tertiary/aromatic N) is 7. The molecule has 33 heavy (non-hydrogen) atoms. The predicted molar refractivity (Wildman–Crippen MR) is 129 cm³/mol. The van der Waals surface area contributed by atoms with E-state index in [1.807, 2.05) is 15.6 Å². The SMILES string of the molecule is C=CC(=O)N1CCCC(c2cnc3cnc(Nc4ccc(N5CCN(C)CC5)cc4)nn23)C1. The van der Waals surface area contributed by atoms with Crippen molar-refractivity contribution in [2.45, 2.75) is 18.8 Å². The van der Waals surface area contributed by atoms with Gasteiger partial charge < -0.3 is 20.0 Å². The molecule has 0 radical (unpaired) electrons. The van der Waals surface area contributed by atoms with Gasteiger partial charge in [-0.25, -0.2) is 14.5 Å². The lowest BCUT2D eigenvalue weighted by Gasteiger charge is -2.34. The van der Waals surface area contributed by atoms with Gasteiger partial charge in [0.2, 0.25) is 11.9 Å². The second-order valence-corrected chi connectivity index (χ2v) is 8.82. The van der Waals surface area contributed by atoms with Crippen LogP contribution in [0.2, 0.25) is 0 Å². The Kier molecular flexibility index (Phi) is 5.95. The number of fused-ring (bicyclic) bond motifs is 1. The smallest absolute Gasteiger partial charge is 0.245 e. The number of carbonyl (C=O) groups is 1. The average molecular weight is 447 g/mol. The Hall–Kier alpha value is -3.46. The molecule has 172 valence electrons. The van der Waals surface area contributed by atoms with Crippen LogP contribution in [0, 0.1) is 0 Å². The first kappa shape index (κ1) is 21.4. The average Bonchev–Trinajstić information content (AvgIpc) is 3.28. The normalized spacial score (nSPS) is 19.6. The molecule has 2 aliphatic rings. The van der Waals surface area contributed by atoms with Crippen molar-refractivity contribution in [1.82, 2.24) is 29.4 Å². The molecule has 2 aromatic heterocycles. The van der Waals surface area contributed by atoms with Crippen LogP contribution >= 0.6 is 0 Å². The second-order valence-electron chi connectivity index (χ2n) is 8.82. The lowest BCUT2D eigenvalue weighted by Crippen LogP contribution is -2.44. The summed E-state index contributed by atoms with van der Waals surface area (Å²) < 4.78 is 1.85. The maximum atomic E-state index is 12.1. The van der Waals surface area contributed by atoms with Gasteiger partial charge >= 0.3 is 0 Å². The Bertz CT molecular complexity index is 1130. The molecule has 4 heterocycles. The van der Waals surface area contributed by atoms with E-state index in [9.17, 15) is 4.79 Å². The number of amides is 1. The lowest BCUT2D eigenvalue weighted by atomic mass is 9.95. The molecular formula is C24H30N8O. The zero-order valence-corrected chi connectivity index (χ0v) is 19.0. The molecular weight excluding hydrogens is 416 g/mol. The number of carbonyl (C=O) groups excluding carboxylic acids is 1. The van der Waals surface area contributed by atoms with Gasteiger partial charge in [0.05, 0.1) is 18.1 Å². The number of nitrogens with one attached hydrogen (secondary N) is 1. The Balaban J connectivity index is 1.31. The van der Waals surface area contributed by atoms with Gasteiger partial charge in [0.25, 0.3) is 0 Å². The second kappa shape index (κ2) is 9.19. The van der Waals surface area contributed by atoms with Crippen LogP contribution < -0.4 is 10.2 Å². The molecule has 0 saturated carbocycles.